The van der Waals surface area contributed by atoms with E-state index in [9.17, 15) is 9.18 Å². The van der Waals surface area contributed by atoms with E-state index in [1.165, 1.54) is 12.1 Å². The summed E-state index contributed by atoms with van der Waals surface area (Å²) in [6.07, 6.45) is 0.479. The Morgan fingerprint density at radius 3 is 3.07 bits per heavy atom. The molecule has 80 valence electrons. The number of fused-ring (bicyclic) bond motifs is 1. The number of benzene rings is 1. The lowest BCUT2D eigenvalue weighted by Crippen LogP contribution is -2.30. The van der Waals surface area contributed by atoms with Gasteiger partial charge >= 0.3 is 0 Å². The fourth-order valence-electron chi connectivity index (χ4n) is 1.70. The van der Waals surface area contributed by atoms with Gasteiger partial charge in [0.05, 0.1) is 0 Å². The fourth-order valence-corrected chi connectivity index (χ4v) is 1.70. The van der Waals surface area contributed by atoms with Gasteiger partial charge in [-0.05, 0) is 23.8 Å². The number of hydrogen-bond acceptors (Lipinski definition) is 2. The molecule has 1 aromatic carbocycles. The van der Waals surface area contributed by atoms with Gasteiger partial charge in [-0.2, -0.15) is 0 Å². The van der Waals surface area contributed by atoms with E-state index in [2.05, 4.69) is 5.32 Å². The van der Waals surface area contributed by atoms with Crippen molar-refractivity contribution in [3.8, 4) is 0 Å². The third-order valence-corrected chi connectivity index (χ3v) is 2.55. The van der Waals surface area contributed by atoms with Crippen molar-refractivity contribution in [1.82, 2.24) is 4.90 Å². The van der Waals surface area contributed by atoms with Crippen LogP contribution in [0.3, 0.4) is 0 Å². The first-order valence-corrected chi connectivity index (χ1v) is 4.93. The number of carbonyl (C=O) groups excluding carboxylic acids is 1. The van der Waals surface area contributed by atoms with Crippen LogP contribution in [0.4, 0.5) is 10.1 Å². The predicted octanol–water partition coefficient (Wildman–Crippen LogP) is 1.60. The lowest BCUT2D eigenvalue weighted by Gasteiger charge is -2.23. The smallest absolute Gasteiger partial charge is 0.224 e. The van der Waals surface area contributed by atoms with Crippen LogP contribution >= 0.6 is 0 Å². The fraction of sp³-hybridized carbons (Fsp3) is 0.364. The van der Waals surface area contributed by atoms with Gasteiger partial charge in [0.25, 0.3) is 0 Å². The zero-order chi connectivity index (χ0) is 10.8. The molecule has 1 amide bonds. The zero-order valence-corrected chi connectivity index (χ0v) is 8.59. The third-order valence-electron chi connectivity index (χ3n) is 2.55. The van der Waals surface area contributed by atoms with E-state index in [-0.39, 0.29) is 11.7 Å². The molecule has 3 nitrogen and oxygen atoms in total. The third kappa shape index (κ3) is 2.09. The second kappa shape index (κ2) is 3.88. The minimum atomic E-state index is -0.267. The lowest BCUT2D eigenvalue weighted by molar-refractivity contribution is -0.130. The normalized spacial score (nSPS) is 16.4. The molecular formula is C11H13FN2O. The van der Waals surface area contributed by atoms with E-state index < -0.39 is 0 Å². The van der Waals surface area contributed by atoms with E-state index in [0.29, 0.717) is 19.5 Å². The molecule has 1 aliphatic rings. The van der Waals surface area contributed by atoms with E-state index in [1.807, 2.05) is 0 Å². The number of carbonyl (C=O) groups is 1. The molecule has 1 aliphatic heterocycles. The average molecular weight is 208 g/mol. The van der Waals surface area contributed by atoms with E-state index in [0.717, 1.165) is 11.3 Å². The number of rotatable bonds is 0. The van der Waals surface area contributed by atoms with Gasteiger partial charge in [0, 0.05) is 32.2 Å². The van der Waals surface area contributed by atoms with Crippen LogP contribution in [0.1, 0.15) is 12.0 Å². The highest BCUT2D eigenvalue weighted by Gasteiger charge is 2.15. The Morgan fingerprint density at radius 2 is 2.27 bits per heavy atom. The summed E-state index contributed by atoms with van der Waals surface area (Å²) in [5.74, 6) is -0.186. The Labute approximate surface area is 87.9 Å². The number of nitrogens with zero attached hydrogens (tertiary/aromatic N) is 1. The molecular weight excluding hydrogens is 195 g/mol. The summed E-state index contributed by atoms with van der Waals surface area (Å²) in [7, 11) is 1.74. The number of halogens is 1. The molecule has 0 spiro atoms. The molecule has 0 atom stereocenters. The van der Waals surface area contributed by atoms with Gasteiger partial charge in [-0.1, -0.05) is 0 Å². The van der Waals surface area contributed by atoms with Gasteiger partial charge in [-0.25, -0.2) is 4.39 Å². The molecule has 0 saturated carbocycles. The van der Waals surface area contributed by atoms with E-state index in [4.69, 9.17) is 0 Å². The lowest BCUT2D eigenvalue weighted by atomic mass is 10.1. The quantitative estimate of drug-likeness (QED) is 0.702. The van der Waals surface area contributed by atoms with Gasteiger partial charge in [0.15, 0.2) is 0 Å². The maximum atomic E-state index is 13.0. The molecule has 0 bridgehead atoms. The molecule has 0 saturated heterocycles. The van der Waals surface area contributed by atoms with Crippen molar-refractivity contribution in [2.45, 2.75) is 13.0 Å². The monoisotopic (exact) mass is 208 g/mol. The van der Waals surface area contributed by atoms with E-state index >= 15 is 0 Å². The molecule has 4 heteroatoms. The SMILES string of the molecule is CN1Cc2cc(F)ccc2NCCC1=O. The van der Waals surface area contributed by atoms with Gasteiger partial charge in [-0.15, -0.1) is 0 Å². The highest BCUT2D eigenvalue weighted by molar-refractivity contribution is 5.77. The Balaban J connectivity index is 2.33. The molecule has 2 rings (SSSR count). The first-order valence-electron chi connectivity index (χ1n) is 4.93. The Morgan fingerprint density at radius 1 is 1.47 bits per heavy atom. The van der Waals surface area contributed by atoms with Crippen molar-refractivity contribution in [1.29, 1.82) is 0 Å². The zero-order valence-electron chi connectivity index (χ0n) is 8.59. The van der Waals surface area contributed by atoms with E-state index in [1.54, 1.807) is 18.0 Å². The summed E-state index contributed by atoms with van der Waals surface area (Å²) < 4.78 is 13.0. The van der Waals surface area contributed by atoms with Gasteiger partial charge in [0.2, 0.25) is 5.91 Å². The van der Waals surface area contributed by atoms with Gasteiger partial charge in [-0.3, -0.25) is 4.79 Å². The summed E-state index contributed by atoms with van der Waals surface area (Å²) in [6.45, 7) is 1.06. The van der Waals surface area contributed by atoms with Crippen LogP contribution in [0.2, 0.25) is 0 Å². The molecule has 0 aromatic heterocycles. The number of amides is 1. The van der Waals surface area contributed by atoms with Crippen LogP contribution in [0.5, 0.6) is 0 Å². The first kappa shape index (κ1) is 9.96. The molecule has 1 N–H and O–H groups in total. The van der Waals surface area contributed by atoms with Crippen molar-refractivity contribution < 1.29 is 9.18 Å². The largest absolute Gasteiger partial charge is 0.384 e. The van der Waals surface area contributed by atoms with Gasteiger partial charge < -0.3 is 10.2 Å². The number of nitrogens with one attached hydrogen (secondary N) is 1. The van der Waals surface area contributed by atoms with Crippen molar-refractivity contribution in [3.05, 3.63) is 29.6 Å². The summed E-state index contributed by atoms with van der Waals surface area (Å²) in [4.78, 5) is 13.1. The van der Waals surface area contributed by atoms with Crippen LogP contribution in [0.15, 0.2) is 18.2 Å². The van der Waals surface area contributed by atoms with Crippen LogP contribution in [-0.4, -0.2) is 24.4 Å². The highest BCUT2D eigenvalue weighted by Crippen LogP contribution is 2.20. The highest BCUT2D eigenvalue weighted by atomic mass is 19.1. The molecule has 0 radical (unpaired) electrons. The Bertz CT molecular complexity index is 392. The maximum Gasteiger partial charge on any atom is 0.224 e. The number of anilines is 1. The second-order valence-electron chi connectivity index (χ2n) is 3.73. The van der Waals surface area contributed by atoms with Crippen LogP contribution in [0.25, 0.3) is 0 Å². The van der Waals surface area contributed by atoms with Gasteiger partial charge in [0.1, 0.15) is 5.82 Å². The second-order valence-corrected chi connectivity index (χ2v) is 3.73. The van der Waals surface area contributed by atoms with Crippen molar-refractivity contribution in [2.24, 2.45) is 0 Å². The summed E-state index contributed by atoms with van der Waals surface area (Å²) in [6, 6.07) is 4.61. The Hall–Kier alpha value is -1.58. The minimum Gasteiger partial charge on any atom is -0.384 e. The molecule has 15 heavy (non-hydrogen) atoms. The topological polar surface area (TPSA) is 32.3 Å². The molecule has 0 aliphatic carbocycles. The minimum absolute atomic E-state index is 0.0809. The van der Waals surface area contributed by atoms with Crippen LogP contribution < -0.4 is 5.32 Å². The summed E-state index contributed by atoms with van der Waals surface area (Å²) >= 11 is 0. The van der Waals surface area contributed by atoms with Crippen LogP contribution in [-0.2, 0) is 11.3 Å². The maximum absolute atomic E-state index is 13.0. The van der Waals surface area contributed by atoms with Crippen molar-refractivity contribution >= 4 is 11.6 Å². The predicted molar refractivity (Wildman–Crippen MR) is 56.0 cm³/mol. The standard InChI is InChI=1S/C11H13FN2O/c1-14-7-8-6-9(12)2-3-10(8)13-5-4-11(14)15/h2-3,6,13H,4-5,7H2,1H3. The van der Waals surface area contributed by atoms with Crippen LogP contribution in [0, 0.1) is 5.82 Å². The first-order chi connectivity index (χ1) is 7.16. The molecule has 1 heterocycles. The molecule has 0 fully saturated rings. The van der Waals surface area contributed by atoms with Crippen molar-refractivity contribution in [3.63, 3.8) is 0 Å². The Kier molecular flexibility index (Phi) is 2.58. The summed E-state index contributed by atoms with van der Waals surface area (Å²) in [5, 5.41) is 3.13. The summed E-state index contributed by atoms with van der Waals surface area (Å²) in [5.41, 5.74) is 1.74. The molecule has 1 aromatic rings. The molecule has 0 unspecified atom stereocenters. The number of hydrogen-bond donors (Lipinski definition) is 1. The van der Waals surface area contributed by atoms with Crippen molar-refractivity contribution in [2.75, 3.05) is 18.9 Å². The average Bonchev–Trinajstić information content (AvgIpc) is 2.19.